The van der Waals surface area contributed by atoms with Gasteiger partial charge >= 0.3 is 0 Å². The summed E-state index contributed by atoms with van der Waals surface area (Å²) in [6.45, 7) is 6.57. The molecule has 0 saturated carbocycles. The van der Waals surface area contributed by atoms with Gasteiger partial charge in [0, 0.05) is 29.4 Å². The van der Waals surface area contributed by atoms with Crippen molar-refractivity contribution in [3.63, 3.8) is 0 Å². The summed E-state index contributed by atoms with van der Waals surface area (Å²) in [5.74, 6) is 2.14. The topological polar surface area (TPSA) is 50.7 Å². The molecule has 0 radical (unpaired) electrons. The molecule has 2 aromatic heterocycles. The predicted octanol–water partition coefficient (Wildman–Crippen LogP) is 4.15. The minimum absolute atomic E-state index is 0.337. The first-order chi connectivity index (χ1) is 10.6. The van der Waals surface area contributed by atoms with E-state index in [-0.39, 0.29) is 0 Å². The zero-order chi connectivity index (χ0) is 15.5. The molecule has 4 nitrogen and oxygen atoms in total. The summed E-state index contributed by atoms with van der Waals surface area (Å²) in [7, 11) is 0. The first-order valence-corrected chi connectivity index (χ1v) is 7.59. The highest BCUT2D eigenvalue weighted by atomic mass is 15.1. The highest BCUT2D eigenvalue weighted by Crippen LogP contribution is 2.25. The molecule has 0 aliphatic rings. The second-order valence-corrected chi connectivity index (χ2v) is 5.83. The minimum atomic E-state index is 0.337. The highest BCUT2D eigenvalue weighted by Gasteiger charge is 2.13. The van der Waals surface area contributed by atoms with Crippen molar-refractivity contribution in [2.75, 3.05) is 5.32 Å². The van der Waals surface area contributed by atoms with E-state index in [1.165, 1.54) is 0 Å². The monoisotopic (exact) mass is 292 g/mol. The molecular formula is C18H20N4. The van der Waals surface area contributed by atoms with Crippen molar-refractivity contribution in [1.29, 1.82) is 0 Å². The Morgan fingerprint density at radius 1 is 0.909 bits per heavy atom. The molecule has 3 aromatic rings. The van der Waals surface area contributed by atoms with Gasteiger partial charge in [0.25, 0.3) is 0 Å². The van der Waals surface area contributed by atoms with Crippen molar-refractivity contribution in [3.05, 3.63) is 48.8 Å². The standard InChI is InChI=1S/C18H20N4/c1-12(2)13(3)20-18-15-6-4-5-7-16(15)21-17(22-18)14-8-10-19-11-9-14/h4-13H,1-3H3,(H,20,21,22)/t13-/m0/s1. The normalized spacial score (nSPS) is 12.5. The number of nitrogens with zero attached hydrogens (tertiary/aromatic N) is 3. The number of benzene rings is 1. The van der Waals surface area contributed by atoms with E-state index in [0.29, 0.717) is 12.0 Å². The van der Waals surface area contributed by atoms with Crippen LogP contribution in [0.4, 0.5) is 5.82 Å². The van der Waals surface area contributed by atoms with E-state index in [1.807, 2.05) is 30.3 Å². The predicted molar refractivity (Wildman–Crippen MR) is 90.7 cm³/mol. The summed E-state index contributed by atoms with van der Waals surface area (Å²) in [5.41, 5.74) is 1.92. The number of aromatic nitrogens is 3. The first-order valence-electron chi connectivity index (χ1n) is 7.59. The average molecular weight is 292 g/mol. The van der Waals surface area contributed by atoms with Gasteiger partial charge in [0.1, 0.15) is 5.82 Å². The van der Waals surface area contributed by atoms with Gasteiger partial charge in [-0.05, 0) is 37.1 Å². The van der Waals surface area contributed by atoms with E-state index in [1.54, 1.807) is 12.4 Å². The van der Waals surface area contributed by atoms with Gasteiger partial charge in [-0.1, -0.05) is 26.0 Å². The van der Waals surface area contributed by atoms with E-state index in [2.05, 4.69) is 42.1 Å². The Morgan fingerprint density at radius 2 is 1.64 bits per heavy atom. The van der Waals surface area contributed by atoms with E-state index < -0.39 is 0 Å². The third-order valence-electron chi connectivity index (χ3n) is 3.91. The summed E-state index contributed by atoms with van der Waals surface area (Å²) >= 11 is 0. The molecule has 1 N–H and O–H groups in total. The number of fused-ring (bicyclic) bond motifs is 1. The maximum absolute atomic E-state index is 4.74. The summed E-state index contributed by atoms with van der Waals surface area (Å²) in [6, 6.07) is 12.3. The van der Waals surface area contributed by atoms with Gasteiger partial charge in [-0.25, -0.2) is 9.97 Å². The van der Waals surface area contributed by atoms with E-state index in [9.17, 15) is 0 Å². The van der Waals surface area contributed by atoms with Crippen LogP contribution in [0.3, 0.4) is 0 Å². The first kappa shape index (κ1) is 14.4. The van der Waals surface area contributed by atoms with Gasteiger partial charge in [0.15, 0.2) is 5.82 Å². The quantitative estimate of drug-likeness (QED) is 0.785. The Morgan fingerprint density at radius 3 is 2.36 bits per heavy atom. The smallest absolute Gasteiger partial charge is 0.162 e. The molecule has 0 amide bonds. The van der Waals surface area contributed by atoms with E-state index in [0.717, 1.165) is 28.1 Å². The van der Waals surface area contributed by atoms with Crippen LogP contribution in [0.25, 0.3) is 22.3 Å². The maximum Gasteiger partial charge on any atom is 0.162 e. The summed E-state index contributed by atoms with van der Waals surface area (Å²) in [6.07, 6.45) is 3.52. The van der Waals surface area contributed by atoms with Crippen LogP contribution in [-0.4, -0.2) is 21.0 Å². The molecule has 3 rings (SSSR count). The van der Waals surface area contributed by atoms with Crippen LogP contribution < -0.4 is 5.32 Å². The highest BCUT2D eigenvalue weighted by molar-refractivity contribution is 5.90. The van der Waals surface area contributed by atoms with Crippen molar-refractivity contribution >= 4 is 16.7 Å². The Kier molecular flexibility index (Phi) is 4.00. The average Bonchev–Trinajstić information content (AvgIpc) is 2.55. The fourth-order valence-electron chi connectivity index (χ4n) is 2.20. The number of hydrogen-bond donors (Lipinski definition) is 1. The molecule has 0 saturated heterocycles. The van der Waals surface area contributed by atoms with Crippen molar-refractivity contribution in [2.45, 2.75) is 26.8 Å². The molecule has 1 atom stereocenters. The van der Waals surface area contributed by atoms with Gasteiger partial charge in [-0.2, -0.15) is 0 Å². The van der Waals surface area contributed by atoms with Crippen LogP contribution in [0.1, 0.15) is 20.8 Å². The summed E-state index contributed by atoms with van der Waals surface area (Å²) in [5, 5.41) is 4.58. The van der Waals surface area contributed by atoms with Gasteiger partial charge < -0.3 is 5.32 Å². The maximum atomic E-state index is 4.74. The SMILES string of the molecule is CC(C)[C@H](C)Nc1nc(-c2ccncc2)nc2ccccc12. The lowest BCUT2D eigenvalue weighted by Crippen LogP contribution is -2.22. The summed E-state index contributed by atoms with van der Waals surface area (Å²) < 4.78 is 0. The van der Waals surface area contributed by atoms with E-state index >= 15 is 0 Å². The number of rotatable bonds is 4. The molecule has 0 aliphatic carbocycles. The van der Waals surface area contributed by atoms with Crippen molar-refractivity contribution in [1.82, 2.24) is 15.0 Å². The van der Waals surface area contributed by atoms with Crippen LogP contribution >= 0.6 is 0 Å². The van der Waals surface area contributed by atoms with Gasteiger partial charge in [-0.3, -0.25) is 4.98 Å². The third-order valence-corrected chi connectivity index (χ3v) is 3.91. The zero-order valence-electron chi connectivity index (χ0n) is 13.1. The molecule has 0 spiro atoms. The molecule has 0 bridgehead atoms. The molecule has 0 aliphatic heterocycles. The largest absolute Gasteiger partial charge is 0.367 e. The lowest BCUT2D eigenvalue weighted by atomic mass is 10.1. The van der Waals surface area contributed by atoms with Gasteiger partial charge in [0.2, 0.25) is 0 Å². The lowest BCUT2D eigenvalue weighted by Gasteiger charge is -2.19. The molecule has 1 aromatic carbocycles. The van der Waals surface area contributed by atoms with Gasteiger partial charge in [0.05, 0.1) is 5.52 Å². The van der Waals surface area contributed by atoms with Crippen LogP contribution in [0.2, 0.25) is 0 Å². The van der Waals surface area contributed by atoms with Crippen LogP contribution in [0.15, 0.2) is 48.8 Å². The van der Waals surface area contributed by atoms with E-state index in [4.69, 9.17) is 4.98 Å². The van der Waals surface area contributed by atoms with Gasteiger partial charge in [-0.15, -0.1) is 0 Å². The molecule has 22 heavy (non-hydrogen) atoms. The van der Waals surface area contributed by atoms with Crippen molar-refractivity contribution in [2.24, 2.45) is 5.92 Å². The Balaban J connectivity index is 2.12. The van der Waals surface area contributed by atoms with Crippen LogP contribution in [0.5, 0.6) is 0 Å². The molecule has 0 unspecified atom stereocenters. The van der Waals surface area contributed by atoms with Crippen molar-refractivity contribution < 1.29 is 0 Å². The third kappa shape index (κ3) is 2.91. The van der Waals surface area contributed by atoms with Crippen LogP contribution in [-0.2, 0) is 0 Å². The number of hydrogen-bond acceptors (Lipinski definition) is 4. The number of anilines is 1. The Bertz CT molecular complexity index is 768. The number of para-hydroxylation sites is 1. The second kappa shape index (κ2) is 6.10. The molecular weight excluding hydrogens is 272 g/mol. The number of nitrogens with one attached hydrogen (secondary N) is 1. The Hall–Kier alpha value is -2.49. The zero-order valence-corrected chi connectivity index (χ0v) is 13.1. The fourth-order valence-corrected chi connectivity index (χ4v) is 2.20. The number of pyridine rings is 1. The molecule has 0 fully saturated rings. The second-order valence-electron chi connectivity index (χ2n) is 5.83. The summed E-state index contributed by atoms with van der Waals surface area (Å²) in [4.78, 5) is 13.5. The van der Waals surface area contributed by atoms with Crippen LogP contribution in [0, 0.1) is 5.92 Å². The fraction of sp³-hybridized carbons (Fsp3) is 0.278. The Labute approximate surface area is 130 Å². The molecule has 112 valence electrons. The molecule has 4 heteroatoms. The lowest BCUT2D eigenvalue weighted by molar-refractivity contribution is 0.559. The molecule has 2 heterocycles. The van der Waals surface area contributed by atoms with Crippen molar-refractivity contribution in [3.8, 4) is 11.4 Å². The minimum Gasteiger partial charge on any atom is -0.367 e.